The van der Waals surface area contributed by atoms with E-state index in [1.54, 1.807) is 24.3 Å². The van der Waals surface area contributed by atoms with Gasteiger partial charge in [0.2, 0.25) is 17.7 Å². The molecule has 0 radical (unpaired) electrons. The van der Waals surface area contributed by atoms with Crippen molar-refractivity contribution in [2.24, 2.45) is 0 Å². The van der Waals surface area contributed by atoms with Crippen molar-refractivity contribution >= 4 is 23.4 Å². The molecular weight excluding hydrogens is 361 g/mol. The van der Waals surface area contributed by atoms with Crippen LogP contribution in [-0.2, 0) is 27.3 Å². The summed E-state index contributed by atoms with van der Waals surface area (Å²) in [7, 11) is 0. The quantitative estimate of drug-likeness (QED) is 0.620. The van der Waals surface area contributed by atoms with Crippen molar-refractivity contribution in [1.82, 2.24) is 10.6 Å². The van der Waals surface area contributed by atoms with E-state index in [1.807, 2.05) is 13.0 Å². The van der Waals surface area contributed by atoms with Crippen LogP contribution < -0.4 is 16.0 Å². The van der Waals surface area contributed by atoms with Gasteiger partial charge in [-0.3, -0.25) is 14.4 Å². The van der Waals surface area contributed by atoms with Gasteiger partial charge in [0.1, 0.15) is 5.82 Å². The number of carbonyl (C=O) groups excluding carboxylic acids is 3. The van der Waals surface area contributed by atoms with E-state index in [2.05, 4.69) is 16.0 Å². The lowest BCUT2D eigenvalue weighted by Crippen LogP contribution is -2.37. The van der Waals surface area contributed by atoms with Gasteiger partial charge in [0, 0.05) is 18.7 Å². The van der Waals surface area contributed by atoms with Gasteiger partial charge in [-0.1, -0.05) is 31.2 Å². The number of nitrogens with one attached hydrogen (secondary N) is 3. The molecule has 0 saturated carbocycles. The van der Waals surface area contributed by atoms with Gasteiger partial charge in [0.25, 0.3) is 0 Å². The topological polar surface area (TPSA) is 87.3 Å². The zero-order chi connectivity index (χ0) is 20.4. The highest BCUT2D eigenvalue weighted by Crippen LogP contribution is 2.11. The van der Waals surface area contributed by atoms with Crippen LogP contribution in [0.3, 0.4) is 0 Å². The van der Waals surface area contributed by atoms with E-state index in [4.69, 9.17) is 0 Å². The van der Waals surface area contributed by atoms with E-state index < -0.39 is 5.82 Å². The summed E-state index contributed by atoms with van der Waals surface area (Å²) in [5.41, 5.74) is 2.04. The highest BCUT2D eigenvalue weighted by Gasteiger charge is 2.08. The first kappa shape index (κ1) is 21.1. The summed E-state index contributed by atoms with van der Waals surface area (Å²) in [5.74, 6) is -1.16. The number of anilines is 1. The van der Waals surface area contributed by atoms with E-state index in [1.165, 1.54) is 18.2 Å². The third-order valence-corrected chi connectivity index (χ3v) is 3.88. The van der Waals surface area contributed by atoms with Crippen LogP contribution in [0.4, 0.5) is 10.1 Å². The van der Waals surface area contributed by atoms with Crippen LogP contribution in [0.5, 0.6) is 0 Å². The Hall–Kier alpha value is -3.22. The Labute approximate surface area is 163 Å². The lowest BCUT2D eigenvalue weighted by molar-refractivity contribution is -0.125. The summed E-state index contributed by atoms with van der Waals surface area (Å²) in [5, 5.41) is 8.02. The Bertz CT molecular complexity index is 839. The number of halogens is 1. The molecule has 0 aliphatic carbocycles. The molecule has 2 aromatic carbocycles. The van der Waals surface area contributed by atoms with E-state index in [-0.39, 0.29) is 37.2 Å². The maximum Gasteiger partial charge on any atom is 0.239 e. The number of rotatable bonds is 9. The summed E-state index contributed by atoms with van der Waals surface area (Å²) in [6.45, 7) is 2.04. The highest BCUT2D eigenvalue weighted by molar-refractivity contribution is 5.90. The van der Waals surface area contributed by atoms with Crippen molar-refractivity contribution < 1.29 is 18.8 Å². The van der Waals surface area contributed by atoms with Crippen LogP contribution >= 0.6 is 0 Å². The molecule has 7 heteroatoms. The summed E-state index contributed by atoms with van der Waals surface area (Å²) < 4.78 is 13.1. The molecule has 0 unspecified atom stereocenters. The zero-order valence-electron chi connectivity index (χ0n) is 15.8. The normalized spacial score (nSPS) is 10.2. The van der Waals surface area contributed by atoms with E-state index in [9.17, 15) is 18.8 Å². The molecule has 2 aromatic rings. The average molecular weight is 385 g/mol. The Morgan fingerprint density at radius 2 is 1.64 bits per heavy atom. The summed E-state index contributed by atoms with van der Waals surface area (Å²) >= 11 is 0. The molecule has 2 rings (SSSR count). The lowest BCUT2D eigenvalue weighted by Gasteiger charge is -2.09. The monoisotopic (exact) mass is 385 g/mol. The number of hydrogen-bond acceptors (Lipinski definition) is 3. The fraction of sp³-hybridized carbons (Fsp3) is 0.286. The van der Waals surface area contributed by atoms with Crippen molar-refractivity contribution in [3.05, 3.63) is 65.5 Å². The summed E-state index contributed by atoms with van der Waals surface area (Å²) in [6, 6.07) is 13.0. The maximum absolute atomic E-state index is 13.1. The standard InChI is InChI=1S/C21H24FN3O3/c1-2-5-19(26)25-18-9-4-7-16(11-18)13-23-21(28)14-24-20(27)12-15-6-3-8-17(22)10-15/h3-4,6-11H,2,5,12-14H2,1H3,(H,23,28)(H,24,27)(H,25,26). The molecule has 0 aliphatic rings. The molecule has 0 atom stereocenters. The fourth-order valence-electron chi connectivity index (χ4n) is 2.55. The summed E-state index contributed by atoms with van der Waals surface area (Å²) in [6.07, 6.45) is 1.23. The molecule has 0 heterocycles. The second-order valence-electron chi connectivity index (χ2n) is 6.36. The van der Waals surface area contributed by atoms with Crippen molar-refractivity contribution in [3.8, 4) is 0 Å². The third kappa shape index (κ3) is 7.57. The van der Waals surface area contributed by atoms with Crippen molar-refractivity contribution in [3.63, 3.8) is 0 Å². The molecule has 28 heavy (non-hydrogen) atoms. The molecule has 148 valence electrons. The maximum atomic E-state index is 13.1. The SMILES string of the molecule is CCCC(=O)Nc1cccc(CNC(=O)CNC(=O)Cc2cccc(F)c2)c1. The predicted molar refractivity (Wildman–Crippen MR) is 105 cm³/mol. The predicted octanol–water partition coefficient (Wildman–Crippen LogP) is 2.54. The molecule has 0 spiro atoms. The number of benzene rings is 2. The van der Waals surface area contributed by atoms with Crippen LogP contribution in [0.2, 0.25) is 0 Å². The van der Waals surface area contributed by atoms with Gasteiger partial charge < -0.3 is 16.0 Å². The van der Waals surface area contributed by atoms with Crippen molar-refractivity contribution in [2.75, 3.05) is 11.9 Å². The van der Waals surface area contributed by atoms with Gasteiger partial charge >= 0.3 is 0 Å². The number of carbonyl (C=O) groups is 3. The van der Waals surface area contributed by atoms with Crippen molar-refractivity contribution in [1.29, 1.82) is 0 Å². The first-order valence-corrected chi connectivity index (χ1v) is 9.13. The average Bonchev–Trinajstić information content (AvgIpc) is 2.65. The third-order valence-electron chi connectivity index (χ3n) is 3.88. The fourth-order valence-corrected chi connectivity index (χ4v) is 2.55. The number of amides is 3. The summed E-state index contributed by atoms with van der Waals surface area (Å²) in [4.78, 5) is 35.4. The van der Waals surface area contributed by atoms with Gasteiger partial charge in [0.15, 0.2) is 0 Å². The van der Waals surface area contributed by atoms with E-state index >= 15 is 0 Å². The second-order valence-corrected chi connectivity index (χ2v) is 6.36. The van der Waals surface area contributed by atoms with Crippen LogP contribution in [0, 0.1) is 5.82 Å². The van der Waals surface area contributed by atoms with Crippen LogP contribution in [-0.4, -0.2) is 24.3 Å². The van der Waals surface area contributed by atoms with Crippen LogP contribution in [0.1, 0.15) is 30.9 Å². The highest BCUT2D eigenvalue weighted by atomic mass is 19.1. The van der Waals surface area contributed by atoms with Gasteiger partial charge in [-0.2, -0.15) is 0 Å². The molecule has 0 fully saturated rings. The minimum absolute atomic E-state index is 0.00451. The Balaban J connectivity index is 1.74. The smallest absolute Gasteiger partial charge is 0.239 e. The molecule has 0 aromatic heterocycles. The Morgan fingerprint density at radius 1 is 0.893 bits per heavy atom. The van der Waals surface area contributed by atoms with E-state index in [0.717, 1.165) is 12.0 Å². The molecule has 0 saturated heterocycles. The Kier molecular flexibility index (Phi) is 8.14. The lowest BCUT2D eigenvalue weighted by atomic mass is 10.1. The van der Waals surface area contributed by atoms with E-state index in [0.29, 0.717) is 17.7 Å². The first-order valence-electron chi connectivity index (χ1n) is 9.13. The molecule has 6 nitrogen and oxygen atoms in total. The van der Waals surface area contributed by atoms with Gasteiger partial charge in [-0.15, -0.1) is 0 Å². The molecule has 3 amide bonds. The molecular formula is C21H24FN3O3. The van der Waals surface area contributed by atoms with Gasteiger partial charge in [-0.25, -0.2) is 4.39 Å². The second kappa shape index (κ2) is 10.8. The van der Waals surface area contributed by atoms with Gasteiger partial charge in [-0.05, 0) is 41.8 Å². The first-order chi connectivity index (χ1) is 13.5. The largest absolute Gasteiger partial charge is 0.350 e. The minimum Gasteiger partial charge on any atom is -0.350 e. The molecule has 0 aliphatic heterocycles. The molecule has 0 bridgehead atoms. The Morgan fingerprint density at radius 3 is 2.39 bits per heavy atom. The molecule has 3 N–H and O–H groups in total. The number of hydrogen-bond donors (Lipinski definition) is 3. The minimum atomic E-state index is -0.406. The van der Waals surface area contributed by atoms with Crippen LogP contribution in [0.15, 0.2) is 48.5 Å². The zero-order valence-corrected chi connectivity index (χ0v) is 15.8. The van der Waals surface area contributed by atoms with Crippen molar-refractivity contribution in [2.45, 2.75) is 32.7 Å². The van der Waals surface area contributed by atoms with Gasteiger partial charge in [0.05, 0.1) is 13.0 Å². The van der Waals surface area contributed by atoms with Crippen LogP contribution in [0.25, 0.3) is 0 Å².